The zero-order chi connectivity index (χ0) is 14.4. The van der Waals surface area contributed by atoms with Crippen molar-refractivity contribution in [2.45, 2.75) is 64.6 Å². The van der Waals surface area contributed by atoms with Crippen LogP contribution in [0, 0.1) is 0 Å². The van der Waals surface area contributed by atoms with Gasteiger partial charge in [0.25, 0.3) is 0 Å². The SMILES string of the molecule is CCCC(O)C(O)CC(C)c1ccc(CC)c(Br)c1. The van der Waals surface area contributed by atoms with E-state index in [-0.39, 0.29) is 5.92 Å². The Morgan fingerprint density at radius 3 is 2.37 bits per heavy atom. The van der Waals surface area contributed by atoms with Crippen molar-refractivity contribution in [1.82, 2.24) is 0 Å². The van der Waals surface area contributed by atoms with E-state index in [2.05, 4.69) is 48.0 Å². The Morgan fingerprint density at radius 1 is 1.16 bits per heavy atom. The summed E-state index contributed by atoms with van der Waals surface area (Å²) in [5.41, 5.74) is 2.49. The number of aliphatic hydroxyl groups excluding tert-OH is 2. The fourth-order valence-corrected chi connectivity index (χ4v) is 2.98. The van der Waals surface area contributed by atoms with Crippen molar-refractivity contribution in [1.29, 1.82) is 0 Å². The number of aryl methyl sites for hydroxylation is 1. The van der Waals surface area contributed by atoms with Gasteiger partial charge in [-0.1, -0.05) is 55.3 Å². The van der Waals surface area contributed by atoms with Crippen LogP contribution in [-0.4, -0.2) is 22.4 Å². The first kappa shape index (κ1) is 16.7. The fraction of sp³-hybridized carbons (Fsp3) is 0.625. The highest BCUT2D eigenvalue weighted by atomic mass is 79.9. The first-order valence-corrected chi connectivity index (χ1v) is 7.93. The topological polar surface area (TPSA) is 40.5 Å². The third-order valence-electron chi connectivity index (χ3n) is 3.65. The molecule has 19 heavy (non-hydrogen) atoms. The number of hydrogen-bond acceptors (Lipinski definition) is 2. The van der Waals surface area contributed by atoms with Crippen LogP contribution in [0.5, 0.6) is 0 Å². The second-order valence-electron chi connectivity index (χ2n) is 5.26. The third kappa shape index (κ3) is 4.90. The third-order valence-corrected chi connectivity index (χ3v) is 4.39. The molecule has 0 saturated heterocycles. The summed E-state index contributed by atoms with van der Waals surface area (Å²) in [5.74, 6) is 0.240. The average molecular weight is 329 g/mol. The van der Waals surface area contributed by atoms with Crippen LogP contribution in [0.15, 0.2) is 22.7 Å². The second-order valence-corrected chi connectivity index (χ2v) is 6.12. The number of rotatable bonds is 7. The zero-order valence-corrected chi connectivity index (χ0v) is 13.7. The molecule has 3 heteroatoms. The molecule has 0 aliphatic rings. The highest BCUT2D eigenvalue weighted by Crippen LogP contribution is 2.27. The molecule has 3 atom stereocenters. The molecule has 1 rings (SSSR count). The molecule has 1 aromatic carbocycles. The van der Waals surface area contributed by atoms with Crippen LogP contribution in [0.2, 0.25) is 0 Å². The molecule has 2 nitrogen and oxygen atoms in total. The molecule has 0 radical (unpaired) electrons. The molecule has 0 aliphatic carbocycles. The Bertz CT molecular complexity index is 392. The minimum atomic E-state index is -0.639. The van der Waals surface area contributed by atoms with Crippen LogP contribution >= 0.6 is 15.9 Å². The Balaban J connectivity index is 2.67. The van der Waals surface area contributed by atoms with Crippen LogP contribution in [0.1, 0.15) is 57.1 Å². The maximum atomic E-state index is 9.99. The molecular weight excluding hydrogens is 304 g/mol. The summed E-state index contributed by atoms with van der Waals surface area (Å²) in [5, 5.41) is 19.8. The van der Waals surface area contributed by atoms with Crippen molar-refractivity contribution in [2.24, 2.45) is 0 Å². The van der Waals surface area contributed by atoms with Gasteiger partial charge in [0.2, 0.25) is 0 Å². The van der Waals surface area contributed by atoms with Gasteiger partial charge in [-0.25, -0.2) is 0 Å². The summed E-state index contributed by atoms with van der Waals surface area (Å²) < 4.78 is 1.13. The van der Waals surface area contributed by atoms with E-state index in [1.807, 2.05) is 6.92 Å². The van der Waals surface area contributed by atoms with Gasteiger partial charge in [-0.15, -0.1) is 0 Å². The largest absolute Gasteiger partial charge is 0.390 e. The summed E-state index contributed by atoms with van der Waals surface area (Å²) >= 11 is 3.58. The lowest BCUT2D eigenvalue weighted by Gasteiger charge is -2.21. The first-order valence-electron chi connectivity index (χ1n) is 7.14. The molecule has 0 heterocycles. The van der Waals surface area contributed by atoms with Crippen molar-refractivity contribution >= 4 is 15.9 Å². The minimum Gasteiger partial charge on any atom is -0.390 e. The quantitative estimate of drug-likeness (QED) is 0.793. The summed E-state index contributed by atoms with van der Waals surface area (Å²) in [6, 6.07) is 6.38. The van der Waals surface area contributed by atoms with Gasteiger partial charge in [-0.2, -0.15) is 0 Å². The lowest BCUT2D eigenvalue weighted by Crippen LogP contribution is -2.27. The molecule has 0 aliphatic heterocycles. The van der Waals surface area contributed by atoms with Gasteiger partial charge in [0.15, 0.2) is 0 Å². The highest BCUT2D eigenvalue weighted by Gasteiger charge is 2.19. The molecule has 0 amide bonds. The molecule has 108 valence electrons. The summed E-state index contributed by atoms with van der Waals surface area (Å²) in [7, 11) is 0. The number of halogens is 1. The van der Waals surface area contributed by atoms with Crippen molar-refractivity contribution in [2.75, 3.05) is 0 Å². The summed E-state index contributed by atoms with van der Waals surface area (Å²) in [4.78, 5) is 0. The maximum Gasteiger partial charge on any atom is 0.0804 e. The predicted molar refractivity (Wildman–Crippen MR) is 83.5 cm³/mol. The van der Waals surface area contributed by atoms with Crippen molar-refractivity contribution < 1.29 is 10.2 Å². The zero-order valence-electron chi connectivity index (χ0n) is 12.1. The average Bonchev–Trinajstić information content (AvgIpc) is 2.38. The molecule has 0 saturated carbocycles. The minimum absolute atomic E-state index is 0.240. The van der Waals surface area contributed by atoms with Gasteiger partial charge in [0.05, 0.1) is 12.2 Å². The molecule has 0 bridgehead atoms. The normalized spacial score (nSPS) is 16.1. The van der Waals surface area contributed by atoms with E-state index in [0.717, 1.165) is 17.3 Å². The van der Waals surface area contributed by atoms with Gasteiger partial charge >= 0.3 is 0 Å². The summed E-state index contributed by atoms with van der Waals surface area (Å²) in [6.45, 7) is 6.24. The van der Waals surface area contributed by atoms with E-state index >= 15 is 0 Å². The molecule has 0 aromatic heterocycles. The monoisotopic (exact) mass is 328 g/mol. The Hall–Kier alpha value is -0.380. The van der Waals surface area contributed by atoms with Crippen LogP contribution in [0.4, 0.5) is 0 Å². The number of aliphatic hydroxyl groups is 2. The van der Waals surface area contributed by atoms with Crippen LogP contribution in [0.3, 0.4) is 0 Å². The van der Waals surface area contributed by atoms with E-state index in [1.54, 1.807) is 0 Å². The van der Waals surface area contributed by atoms with Crippen molar-refractivity contribution in [3.63, 3.8) is 0 Å². The standard InChI is InChI=1S/C16H25BrO2/c1-4-6-15(18)16(19)9-11(3)13-8-7-12(5-2)14(17)10-13/h7-8,10-11,15-16,18-19H,4-6,9H2,1-3H3. The van der Waals surface area contributed by atoms with Gasteiger partial charge in [-0.05, 0) is 42.4 Å². The van der Waals surface area contributed by atoms with Crippen molar-refractivity contribution in [3.05, 3.63) is 33.8 Å². The Kier molecular flexibility index (Phi) is 7.05. The van der Waals surface area contributed by atoms with E-state index in [9.17, 15) is 10.2 Å². The fourth-order valence-electron chi connectivity index (χ4n) is 2.30. The van der Waals surface area contributed by atoms with Crippen LogP contribution in [-0.2, 0) is 6.42 Å². The van der Waals surface area contributed by atoms with E-state index in [0.29, 0.717) is 12.8 Å². The van der Waals surface area contributed by atoms with Gasteiger partial charge in [0, 0.05) is 4.47 Å². The number of hydrogen-bond donors (Lipinski definition) is 2. The molecule has 0 spiro atoms. The van der Waals surface area contributed by atoms with E-state index < -0.39 is 12.2 Å². The molecule has 2 N–H and O–H groups in total. The molecule has 1 aromatic rings. The smallest absolute Gasteiger partial charge is 0.0804 e. The molecule has 0 fully saturated rings. The maximum absolute atomic E-state index is 9.99. The van der Waals surface area contributed by atoms with E-state index in [1.165, 1.54) is 11.1 Å². The van der Waals surface area contributed by atoms with Crippen LogP contribution < -0.4 is 0 Å². The first-order chi connectivity index (χ1) is 8.99. The number of benzene rings is 1. The lowest BCUT2D eigenvalue weighted by atomic mass is 9.91. The molecule has 3 unspecified atom stereocenters. The Morgan fingerprint density at radius 2 is 1.84 bits per heavy atom. The van der Waals surface area contributed by atoms with Crippen molar-refractivity contribution in [3.8, 4) is 0 Å². The molecular formula is C16H25BrO2. The Labute approximate surface area is 125 Å². The second kappa shape index (κ2) is 8.03. The lowest BCUT2D eigenvalue weighted by molar-refractivity contribution is 0.00637. The van der Waals surface area contributed by atoms with Gasteiger partial charge < -0.3 is 10.2 Å². The van der Waals surface area contributed by atoms with E-state index in [4.69, 9.17) is 0 Å². The van der Waals surface area contributed by atoms with Gasteiger partial charge in [0.1, 0.15) is 0 Å². The summed E-state index contributed by atoms with van der Waals surface area (Å²) in [6.07, 6.45) is 1.91. The highest BCUT2D eigenvalue weighted by molar-refractivity contribution is 9.10. The van der Waals surface area contributed by atoms with Crippen LogP contribution in [0.25, 0.3) is 0 Å². The predicted octanol–water partition coefficient (Wildman–Crippen LogP) is 4.03. The van der Waals surface area contributed by atoms with Gasteiger partial charge in [-0.3, -0.25) is 0 Å².